The van der Waals surface area contributed by atoms with Crippen molar-refractivity contribution in [3.8, 4) is 11.5 Å². The first-order valence-corrected chi connectivity index (χ1v) is 8.22. The molecule has 0 fully saturated rings. The van der Waals surface area contributed by atoms with Crippen LogP contribution in [0, 0.1) is 13.8 Å². The van der Waals surface area contributed by atoms with E-state index in [0.29, 0.717) is 10.9 Å². The molecule has 0 aromatic heterocycles. The Morgan fingerprint density at radius 2 is 1.79 bits per heavy atom. The number of aryl methyl sites for hydroxylation is 2. The average molecular weight is 344 g/mol. The molecule has 0 amide bonds. The maximum absolute atomic E-state index is 5.44. The molecule has 2 aromatic carbocycles. The minimum atomic E-state index is 0.106. The molecule has 0 spiro atoms. The fourth-order valence-corrected chi connectivity index (χ4v) is 2.93. The van der Waals surface area contributed by atoms with Crippen LogP contribution >= 0.6 is 12.2 Å². The summed E-state index contributed by atoms with van der Waals surface area (Å²) >= 11 is 5.44. The number of thiocarbonyl (C=S) groups is 1. The van der Waals surface area contributed by atoms with Gasteiger partial charge in [-0.3, -0.25) is 0 Å². The van der Waals surface area contributed by atoms with E-state index in [0.717, 1.165) is 11.4 Å². The lowest BCUT2D eigenvalue weighted by molar-refractivity contribution is 0.395. The molecule has 5 heteroatoms. The maximum Gasteiger partial charge on any atom is 0.171 e. The zero-order valence-electron chi connectivity index (χ0n) is 14.8. The van der Waals surface area contributed by atoms with Crippen LogP contribution in [-0.4, -0.2) is 19.3 Å². The van der Waals surface area contributed by atoms with Crippen molar-refractivity contribution in [3.63, 3.8) is 0 Å². The monoisotopic (exact) mass is 344 g/mol. The van der Waals surface area contributed by atoms with Gasteiger partial charge in [0.05, 0.1) is 25.9 Å². The van der Waals surface area contributed by atoms with Crippen LogP contribution in [0.5, 0.6) is 11.5 Å². The van der Waals surface area contributed by atoms with Crippen LogP contribution in [0.4, 0.5) is 5.69 Å². The Morgan fingerprint density at radius 3 is 2.42 bits per heavy atom. The van der Waals surface area contributed by atoms with E-state index >= 15 is 0 Å². The minimum Gasteiger partial charge on any atom is -0.497 e. The van der Waals surface area contributed by atoms with Crippen LogP contribution in [0.1, 0.15) is 29.7 Å². The van der Waals surface area contributed by atoms with Crippen molar-refractivity contribution in [1.82, 2.24) is 5.32 Å². The SMILES string of the molecule is COc1ccc(NC(=S)N[C@H](C)c2ccc(C)cc2C)c(OC)c1. The molecule has 0 heterocycles. The number of ether oxygens (including phenoxy) is 2. The van der Waals surface area contributed by atoms with Gasteiger partial charge in [0.15, 0.2) is 5.11 Å². The molecular formula is C19H24N2O2S. The van der Waals surface area contributed by atoms with Gasteiger partial charge in [-0.1, -0.05) is 23.8 Å². The van der Waals surface area contributed by atoms with Gasteiger partial charge in [-0.25, -0.2) is 0 Å². The van der Waals surface area contributed by atoms with Gasteiger partial charge in [0, 0.05) is 6.07 Å². The van der Waals surface area contributed by atoms with Gasteiger partial charge in [-0.05, 0) is 56.2 Å². The standard InChI is InChI=1S/C19H24N2O2S/c1-12-6-8-16(13(2)10-12)14(3)20-19(24)21-17-9-7-15(22-4)11-18(17)23-5/h6-11,14H,1-5H3,(H2,20,21,24)/t14-/m1/s1. The molecule has 24 heavy (non-hydrogen) atoms. The van der Waals surface area contributed by atoms with E-state index in [2.05, 4.69) is 49.6 Å². The zero-order chi connectivity index (χ0) is 17.7. The van der Waals surface area contributed by atoms with Crippen LogP contribution in [-0.2, 0) is 0 Å². The minimum absolute atomic E-state index is 0.106. The van der Waals surface area contributed by atoms with Crippen LogP contribution in [0.15, 0.2) is 36.4 Å². The summed E-state index contributed by atoms with van der Waals surface area (Å²) in [5.74, 6) is 1.41. The van der Waals surface area contributed by atoms with Crippen LogP contribution in [0.3, 0.4) is 0 Å². The molecule has 0 bridgehead atoms. The predicted molar refractivity (Wildman–Crippen MR) is 103 cm³/mol. The lowest BCUT2D eigenvalue weighted by Gasteiger charge is -2.20. The van der Waals surface area contributed by atoms with Crippen molar-refractivity contribution in [1.29, 1.82) is 0 Å². The Hall–Kier alpha value is -2.27. The van der Waals surface area contributed by atoms with Gasteiger partial charge in [0.1, 0.15) is 11.5 Å². The van der Waals surface area contributed by atoms with Gasteiger partial charge >= 0.3 is 0 Å². The lowest BCUT2D eigenvalue weighted by Crippen LogP contribution is -2.31. The first-order valence-electron chi connectivity index (χ1n) is 7.81. The molecule has 0 unspecified atom stereocenters. The van der Waals surface area contributed by atoms with Crippen molar-refractivity contribution in [2.75, 3.05) is 19.5 Å². The number of rotatable bonds is 5. The number of methoxy groups -OCH3 is 2. The molecule has 0 saturated carbocycles. The van der Waals surface area contributed by atoms with E-state index in [4.69, 9.17) is 21.7 Å². The van der Waals surface area contributed by atoms with Crippen molar-refractivity contribution in [2.24, 2.45) is 0 Å². The van der Waals surface area contributed by atoms with Gasteiger partial charge in [0.2, 0.25) is 0 Å². The van der Waals surface area contributed by atoms with E-state index in [1.54, 1.807) is 14.2 Å². The Morgan fingerprint density at radius 1 is 1.04 bits per heavy atom. The number of hydrogen-bond donors (Lipinski definition) is 2. The lowest BCUT2D eigenvalue weighted by atomic mass is 10.0. The summed E-state index contributed by atoms with van der Waals surface area (Å²) in [6.45, 7) is 6.30. The highest BCUT2D eigenvalue weighted by Crippen LogP contribution is 2.29. The number of benzene rings is 2. The van der Waals surface area contributed by atoms with Gasteiger partial charge < -0.3 is 20.1 Å². The highest BCUT2D eigenvalue weighted by Gasteiger charge is 2.12. The highest BCUT2D eigenvalue weighted by atomic mass is 32.1. The van der Waals surface area contributed by atoms with E-state index in [-0.39, 0.29) is 6.04 Å². The summed E-state index contributed by atoms with van der Waals surface area (Å²) in [4.78, 5) is 0. The molecule has 2 rings (SSSR count). The van der Waals surface area contributed by atoms with Crippen molar-refractivity contribution in [2.45, 2.75) is 26.8 Å². The third kappa shape index (κ3) is 4.38. The first kappa shape index (κ1) is 18.1. The third-order valence-electron chi connectivity index (χ3n) is 3.90. The molecule has 0 aliphatic rings. The highest BCUT2D eigenvalue weighted by molar-refractivity contribution is 7.80. The number of hydrogen-bond acceptors (Lipinski definition) is 3. The number of nitrogens with one attached hydrogen (secondary N) is 2. The molecular weight excluding hydrogens is 320 g/mol. The first-order chi connectivity index (χ1) is 11.4. The summed E-state index contributed by atoms with van der Waals surface area (Å²) in [5, 5.41) is 7.05. The van der Waals surface area contributed by atoms with Crippen LogP contribution in [0.25, 0.3) is 0 Å². The summed E-state index contributed by atoms with van der Waals surface area (Å²) in [7, 11) is 3.24. The van der Waals surface area contributed by atoms with Gasteiger partial charge in [-0.15, -0.1) is 0 Å². The summed E-state index contributed by atoms with van der Waals surface area (Å²) < 4.78 is 10.6. The molecule has 0 saturated heterocycles. The summed E-state index contributed by atoms with van der Waals surface area (Å²) in [6, 6.07) is 12.1. The second-order valence-corrected chi connectivity index (χ2v) is 6.15. The second kappa shape index (κ2) is 8.02. The summed E-state index contributed by atoms with van der Waals surface area (Å²) in [5.41, 5.74) is 4.53. The third-order valence-corrected chi connectivity index (χ3v) is 4.12. The molecule has 2 N–H and O–H groups in total. The molecule has 0 aliphatic heterocycles. The molecule has 128 valence electrons. The number of anilines is 1. The Kier molecular flexibility index (Phi) is 6.04. The smallest absolute Gasteiger partial charge is 0.171 e. The molecule has 2 aromatic rings. The van der Waals surface area contributed by atoms with Gasteiger partial charge in [-0.2, -0.15) is 0 Å². The quantitative estimate of drug-likeness (QED) is 0.789. The predicted octanol–water partition coefficient (Wildman–Crippen LogP) is 4.37. The van der Waals surface area contributed by atoms with E-state index in [9.17, 15) is 0 Å². The second-order valence-electron chi connectivity index (χ2n) is 5.75. The van der Waals surface area contributed by atoms with Crippen LogP contribution in [0.2, 0.25) is 0 Å². The van der Waals surface area contributed by atoms with Crippen molar-refractivity contribution < 1.29 is 9.47 Å². The molecule has 0 radical (unpaired) electrons. The zero-order valence-corrected chi connectivity index (χ0v) is 15.6. The van der Waals surface area contributed by atoms with Crippen molar-refractivity contribution in [3.05, 3.63) is 53.1 Å². The van der Waals surface area contributed by atoms with E-state index in [1.807, 2.05) is 18.2 Å². The van der Waals surface area contributed by atoms with E-state index in [1.165, 1.54) is 16.7 Å². The van der Waals surface area contributed by atoms with Gasteiger partial charge in [0.25, 0.3) is 0 Å². The van der Waals surface area contributed by atoms with E-state index < -0.39 is 0 Å². The van der Waals surface area contributed by atoms with Crippen LogP contribution < -0.4 is 20.1 Å². The fraction of sp³-hybridized carbons (Fsp3) is 0.316. The Bertz CT molecular complexity index is 731. The average Bonchev–Trinajstić information content (AvgIpc) is 2.54. The molecule has 0 aliphatic carbocycles. The fourth-order valence-electron chi connectivity index (χ4n) is 2.65. The molecule has 1 atom stereocenters. The maximum atomic E-state index is 5.44. The topological polar surface area (TPSA) is 42.5 Å². The largest absolute Gasteiger partial charge is 0.497 e. The Balaban J connectivity index is 2.07. The Labute approximate surface area is 149 Å². The van der Waals surface area contributed by atoms with Crippen molar-refractivity contribution >= 4 is 23.0 Å². The normalized spacial score (nSPS) is 11.5. The molecule has 4 nitrogen and oxygen atoms in total. The summed E-state index contributed by atoms with van der Waals surface area (Å²) in [6.07, 6.45) is 0.